The molecule has 29 heavy (non-hydrogen) atoms. The lowest BCUT2D eigenvalue weighted by Gasteiger charge is -2.11. The summed E-state index contributed by atoms with van der Waals surface area (Å²) in [5.41, 5.74) is 4.17. The number of hydrogen-bond acceptors (Lipinski definition) is 6. The molecule has 2 heterocycles. The highest BCUT2D eigenvalue weighted by molar-refractivity contribution is 6.05. The molecule has 0 aliphatic carbocycles. The number of fused-ring (bicyclic) bond motifs is 1. The predicted molar refractivity (Wildman–Crippen MR) is 103 cm³/mol. The Morgan fingerprint density at radius 3 is 2.48 bits per heavy atom. The van der Waals surface area contributed by atoms with Crippen molar-refractivity contribution in [2.24, 2.45) is 0 Å². The van der Waals surface area contributed by atoms with Crippen molar-refractivity contribution >= 4 is 28.5 Å². The molecule has 0 saturated heterocycles. The van der Waals surface area contributed by atoms with E-state index in [0.29, 0.717) is 23.7 Å². The van der Waals surface area contributed by atoms with E-state index in [2.05, 4.69) is 21.3 Å². The van der Waals surface area contributed by atoms with Gasteiger partial charge in [-0.05, 0) is 24.6 Å². The van der Waals surface area contributed by atoms with Gasteiger partial charge in [-0.1, -0.05) is 25.1 Å². The van der Waals surface area contributed by atoms with E-state index in [-0.39, 0.29) is 23.6 Å². The highest BCUT2D eigenvalue weighted by Crippen LogP contribution is 2.13. The number of nitrogens with zero attached hydrogens (tertiary/aromatic N) is 2. The van der Waals surface area contributed by atoms with Crippen molar-refractivity contribution in [1.82, 2.24) is 25.9 Å². The number of carbonyl (C=O) groups is 3. The molecule has 0 spiro atoms. The van der Waals surface area contributed by atoms with E-state index in [1.165, 1.54) is 17.0 Å². The van der Waals surface area contributed by atoms with Crippen molar-refractivity contribution < 1.29 is 18.8 Å². The van der Waals surface area contributed by atoms with Gasteiger partial charge in [0.1, 0.15) is 0 Å². The Labute approximate surface area is 164 Å². The zero-order valence-corrected chi connectivity index (χ0v) is 15.6. The molecule has 0 aliphatic heterocycles. The lowest BCUT2D eigenvalue weighted by atomic mass is 10.1. The van der Waals surface area contributed by atoms with Crippen LogP contribution in [0.3, 0.4) is 0 Å². The summed E-state index contributed by atoms with van der Waals surface area (Å²) in [7, 11) is 0. The highest BCUT2D eigenvalue weighted by atomic mass is 16.3. The highest BCUT2D eigenvalue weighted by Gasteiger charge is 2.17. The van der Waals surface area contributed by atoms with Crippen LogP contribution in [0.5, 0.6) is 0 Å². The van der Waals surface area contributed by atoms with Gasteiger partial charge >= 0.3 is 0 Å². The van der Waals surface area contributed by atoms with Crippen LogP contribution in [0.25, 0.3) is 10.8 Å². The molecule has 150 valence electrons. The summed E-state index contributed by atoms with van der Waals surface area (Å²) in [6.45, 7) is 1.87. The van der Waals surface area contributed by atoms with Crippen molar-refractivity contribution in [2.45, 2.75) is 19.9 Å². The number of rotatable bonds is 6. The number of amides is 3. The molecule has 1 aromatic carbocycles. The molecule has 0 unspecified atom stereocenters. The summed E-state index contributed by atoms with van der Waals surface area (Å²) in [4.78, 5) is 48.6. The summed E-state index contributed by atoms with van der Waals surface area (Å²) < 4.78 is 6.14. The smallest absolute Gasteiger partial charge is 0.290 e. The monoisotopic (exact) mass is 397 g/mol. The van der Waals surface area contributed by atoms with Crippen LogP contribution in [-0.4, -0.2) is 34.0 Å². The number of aryl methyl sites for hydroxylation is 1. The average molecular weight is 397 g/mol. The summed E-state index contributed by atoms with van der Waals surface area (Å²) in [6, 6.07) is 9.62. The molecule has 0 atom stereocenters. The van der Waals surface area contributed by atoms with Gasteiger partial charge in [-0.15, -0.1) is 0 Å². The van der Waals surface area contributed by atoms with E-state index in [1.807, 2.05) is 6.92 Å². The van der Waals surface area contributed by atoms with Crippen LogP contribution in [0.15, 0.2) is 51.9 Å². The van der Waals surface area contributed by atoms with Crippen molar-refractivity contribution in [1.29, 1.82) is 0 Å². The fraction of sp³-hybridized carbons (Fsp3) is 0.211. The minimum Gasteiger partial charge on any atom is -0.459 e. The second-order valence-electron chi connectivity index (χ2n) is 6.08. The summed E-state index contributed by atoms with van der Waals surface area (Å²) >= 11 is 0. The largest absolute Gasteiger partial charge is 0.459 e. The lowest BCUT2D eigenvalue weighted by molar-refractivity contribution is -0.120. The Balaban J connectivity index is 1.68. The van der Waals surface area contributed by atoms with Crippen LogP contribution >= 0.6 is 0 Å². The van der Waals surface area contributed by atoms with Gasteiger partial charge in [-0.3, -0.25) is 30.0 Å². The zero-order valence-electron chi connectivity index (χ0n) is 15.6. The van der Waals surface area contributed by atoms with Crippen LogP contribution in [-0.2, 0) is 11.3 Å². The molecule has 0 bridgehead atoms. The number of hydrogen-bond donors (Lipinski definition) is 3. The Kier molecular flexibility index (Phi) is 6.03. The number of hydrazine groups is 1. The molecular weight excluding hydrogens is 378 g/mol. The molecule has 10 heteroatoms. The van der Waals surface area contributed by atoms with E-state index >= 15 is 0 Å². The van der Waals surface area contributed by atoms with E-state index < -0.39 is 17.7 Å². The van der Waals surface area contributed by atoms with Gasteiger partial charge in [0.05, 0.1) is 18.2 Å². The maximum atomic E-state index is 12.5. The van der Waals surface area contributed by atoms with Gasteiger partial charge in [0.15, 0.2) is 11.5 Å². The maximum absolute atomic E-state index is 12.5. The molecule has 0 saturated carbocycles. The molecule has 0 radical (unpaired) electrons. The molecule has 3 amide bonds. The summed E-state index contributed by atoms with van der Waals surface area (Å²) in [6.07, 6.45) is 2.00. The predicted octanol–water partition coefficient (Wildman–Crippen LogP) is 0.590. The van der Waals surface area contributed by atoms with Crippen molar-refractivity contribution in [3.63, 3.8) is 0 Å². The first kappa shape index (κ1) is 19.8. The number of nitrogens with one attached hydrogen (secondary N) is 3. The van der Waals surface area contributed by atoms with Crippen molar-refractivity contribution in [2.75, 3.05) is 6.54 Å². The molecule has 3 aromatic rings. The minimum absolute atomic E-state index is 0.00794. The van der Waals surface area contributed by atoms with Crippen molar-refractivity contribution in [3.8, 4) is 0 Å². The van der Waals surface area contributed by atoms with Crippen LogP contribution in [0.4, 0.5) is 0 Å². The third-order valence-electron chi connectivity index (χ3n) is 3.99. The topological polar surface area (TPSA) is 135 Å². The van der Waals surface area contributed by atoms with Crippen LogP contribution in [0, 0.1) is 0 Å². The SMILES string of the molecule is CCCn1nc(C(=O)NNC(=O)CNC(=O)c2ccco2)c2ccccc2c1=O. The van der Waals surface area contributed by atoms with E-state index in [1.54, 1.807) is 30.3 Å². The van der Waals surface area contributed by atoms with E-state index in [9.17, 15) is 19.2 Å². The standard InChI is InChI=1S/C19H19N5O5/c1-2-9-24-19(28)13-7-4-3-6-12(13)16(23-24)18(27)22-21-15(25)11-20-17(26)14-8-5-10-29-14/h3-8,10H,2,9,11H2,1H3,(H,20,26)(H,21,25)(H,22,27). The third kappa shape index (κ3) is 4.49. The first-order valence-corrected chi connectivity index (χ1v) is 8.92. The van der Waals surface area contributed by atoms with Gasteiger partial charge < -0.3 is 9.73 Å². The first-order chi connectivity index (χ1) is 14.0. The number of furan rings is 1. The number of carbonyl (C=O) groups excluding carboxylic acids is 3. The molecule has 2 aromatic heterocycles. The fourth-order valence-corrected chi connectivity index (χ4v) is 2.65. The molecule has 0 aliphatic rings. The van der Waals surface area contributed by atoms with Gasteiger partial charge in [-0.25, -0.2) is 4.68 Å². The van der Waals surface area contributed by atoms with E-state index in [4.69, 9.17) is 4.42 Å². The Morgan fingerprint density at radius 1 is 1.03 bits per heavy atom. The second kappa shape index (κ2) is 8.83. The molecule has 3 N–H and O–H groups in total. The lowest BCUT2D eigenvalue weighted by Crippen LogP contribution is -2.47. The van der Waals surface area contributed by atoms with Crippen LogP contribution in [0.1, 0.15) is 34.4 Å². The fourth-order valence-electron chi connectivity index (χ4n) is 2.65. The first-order valence-electron chi connectivity index (χ1n) is 8.92. The number of benzene rings is 1. The normalized spacial score (nSPS) is 10.5. The van der Waals surface area contributed by atoms with Crippen LogP contribution in [0.2, 0.25) is 0 Å². The summed E-state index contributed by atoms with van der Waals surface area (Å²) in [5.74, 6) is -1.83. The summed E-state index contributed by atoms with van der Waals surface area (Å²) in [5, 5.41) is 7.23. The number of aromatic nitrogens is 2. The minimum atomic E-state index is -0.684. The molecule has 0 fully saturated rings. The Bertz CT molecular complexity index is 1100. The van der Waals surface area contributed by atoms with Crippen LogP contribution < -0.4 is 21.7 Å². The van der Waals surface area contributed by atoms with Gasteiger partial charge in [0.25, 0.3) is 23.3 Å². The zero-order chi connectivity index (χ0) is 20.8. The third-order valence-corrected chi connectivity index (χ3v) is 3.99. The molecule has 10 nitrogen and oxygen atoms in total. The Morgan fingerprint density at radius 2 is 1.79 bits per heavy atom. The molecule has 3 rings (SSSR count). The van der Waals surface area contributed by atoms with E-state index in [0.717, 1.165) is 0 Å². The quantitative estimate of drug-likeness (QED) is 0.521. The maximum Gasteiger partial charge on any atom is 0.290 e. The van der Waals surface area contributed by atoms with Gasteiger partial charge in [-0.2, -0.15) is 5.10 Å². The average Bonchev–Trinajstić information content (AvgIpc) is 3.27. The van der Waals surface area contributed by atoms with Gasteiger partial charge in [0.2, 0.25) is 0 Å². The molecular formula is C19H19N5O5. The van der Waals surface area contributed by atoms with Gasteiger partial charge in [0, 0.05) is 11.9 Å². The second-order valence-corrected chi connectivity index (χ2v) is 6.08. The van der Waals surface area contributed by atoms with Crippen molar-refractivity contribution in [3.05, 3.63) is 64.5 Å². The Hall–Kier alpha value is -3.95.